The van der Waals surface area contributed by atoms with Crippen LogP contribution in [0.15, 0.2) is 146 Å². The largest absolute Gasteiger partial charge is 0.455 e. The van der Waals surface area contributed by atoms with E-state index in [4.69, 9.17) is 4.74 Å². The average molecular weight is 545 g/mol. The Bertz CT molecular complexity index is 2640. The van der Waals surface area contributed by atoms with E-state index < -0.39 is 0 Å². The van der Waals surface area contributed by atoms with Crippen LogP contribution in [0.25, 0.3) is 86.9 Å². The first-order valence-corrected chi connectivity index (χ1v) is 14.9. The first-order valence-electron chi connectivity index (χ1n) is 14.9. The molecule has 0 saturated carbocycles. The molecule has 0 amide bonds. The predicted octanol–water partition coefficient (Wildman–Crippen LogP) is 12.0. The molecule has 0 atom stereocenters. The summed E-state index contributed by atoms with van der Waals surface area (Å²) < 4.78 is 6.95. The van der Waals surface area contributed by atoms with Gasteiger partial charge in [-0.3, -0.25) is 0 Å². The maximum absolute atomic E-state index is 6.95. The van der Waals surface area contributed by atoms with Gasteiger partial charge in [0, 0.05) is 16.5 Å². The molecular weight excluding hydrogens is 520 g/mol. The molecule has 43 heavy (non-hydrogen) atoms. The molecule has 10 rings (SSSR count). The smallest absolute Gasteiger partial charge is 0.143 e. The molecule has 0 saturated heterocycles. The highest BCUT2D eigenvalue weighted by Crippen LogP contribution is 2.53. The normalized spacial score (nSPS) is 12.4. The van der Waals surface area contributed by atoms with Gasteiger partial charge in [0.2, 0.25) is 0 Å². The fraction of sp³-hybridized carbons (Fsp3) is 0. The lowest BCUT2D eigenvalue weighted by Crippen LogP contribution is -2.00. The molecule has 9 aromatic rings. The van der Waals surface area contributed by atoms with Crippen molar-refractivity contribution in [2.75, 3.05) is 0 Å². The van der Waals surface area contributed by atoms with E-state index in [0.717, 1.165) is 22.6 Å². The zero-order valence-electron chi connectivity index (χ0n) is 23.3. The van der Waals surface area contributed by atoms with Gasteiger partial charge in [-0.15, -0.1) is 0 Å². The molecule has 1 aliphatic heterocycles. The fourth-order valence-corrected chi connectivity index (χ4v) is 7.51. The number of ether oxygens (including phenoxy) is 1. The molecule has 0 fully saturated rings. The molecule has 9 aromatic carbocycles. The number of hydrogen-bond donors (Lipinski definition) is 0. The van der Waals surface area contributed by atoms with Crippen LogP contribution in [0.4, 0.5) is 0 Å². The van der Waals surface area contributed by atoms with Gasteiger partial charge >= 0.3 is 0 Å². The van der Waals surface area contributed by atoms with E-state index in [1.807, 2.05) is 0 Å². The quantitative estimate of drug-likeness (QED) is 0.187. The third-order valence-electron chi connectivity index (χ3n) is 9.42. The third-order valence-corrected chi connectivity index (χ3v) is 9.42. The highest BCUT2D eigenvalue weighted by Gasteiger charge is 2.25. The summed E-state index contributed by atoms with van der Waals surface area (Å²) in [6, 6.07) is 53.0. The minimum Gasteiger partial charge on any atom is -0.455 e. The van der Waals surface area contributed by atoms with E-state index in [2.05, 4.69) is 146 Å². The molecule has 0 aromatic heterocycles. The third kappa shape index (κ3) is 3.11. The van der Waals surface area contributed by atoms with Crippen molar-refractivity contribution in [3.63, 3.8) is 0 Å². The van der Waals surface area contributed by atoms with Gasteiger partial charge < -0.3 is 4.74 Å². The minimum absolute atomic E-state index is 0.922. The van der Waals surface area contributed by atoms with Crippen LogP contribution in [0.2, 0.25) is 0 Å². The second kappa shape index (κ2) is 8.44. The molecule has 0 aliphatic carbocycles. The summed E-state index contributed by atoms with van der Waals surface area (Å²) in [4.78, 5) is 0. The molecule has 0 unspecified atom stereocenters. The Labute approximate surface area is 248 Å². The van der Waals surface area contributed by atoms with Crippen molar-refractivity contribution in [1.29, 1.82) is 0 Å². The maximum Gasteiger partial charge on any atom is 0.143 e. The highest BCUT2D eigenvalue weighted by molar-refractivity contribution is 6.25. The molecule has 0 radical (unpaired) electrons. The average Bonchev–Trinajstić information content (AvgIpc) is 3.07. The van der Waals surface area contributed by atoms with E-state index >= 15 is 0 Å². The van der Waals surface area contributed by atoms with Gasteiger partial charge in [-0.1, -0.05) is 133 Å². The SMILES string of the molecule is c1cc(-c2cc3c(ccc4c5ccccc5ccc43)c3ccccc23)c2c(c1)-c1cccc3c1c(cc1ccccc13)O2. The second-order valence-corrected chi connectivity index (χ2v) is 11.6. The Morgan fingerprint density at radius 1 is 0.302 bits per heavy atom. The number of para-hydroxylation sites is 1. The highest BCUT2D eigenvalue weighted by atomic mass is 16.5. The molecule has 0 N–H and O–H groups in total. The second-order valence-electron chi connectivity index (χ2n) is 11.6. The Kier molecular flexibility index (Phi) is 4.51. The number of hydrogen-bond acceptors (Lipinski definition) is 1. The molecule has 1 nitrogen and oxygen atoms in total. The van der Waals surface area contributed by atoms with E-state index in [9.17, 15) is 0 Å². The molecular formula is C42H24O. The summed E-state index contributed by atoms with van der Waals surface area (Å²) in [7, 11) is 0. The van der Waals surface area contributed by atoms with E-state index in [1.54, 1.807) is 0 Å². The standard InChI is InChI=1S/C42H24O/c1-3-11-27-25(9-1)19-20-32-31(27)21-22-33-29-13-5-6-14-30(29)39(24-38(32)33)37-18-8-17-36-35-16-7-15-34-28-12-4-2-10-26(28)23-40(41(34)35)43-42(36)37/h1-24H. The van der Waals surface area contributed by atoms with Crippen molar-refractivity contribution in [2.24, 2.45) is 0 Å². The van der Waals surface area contributed by atoms with Crippen molar-refractivity contribution < 1.29 is 4.74 Å². The van der Waals surface area contributed by atoms with Crippen molar-refractivity contribution in [3.05, 3.63) is 146 Å². The van der Waals surface area contributed by atoms with Crippen LogP contribution in [-0.2, 0) is 0 Å². The van der Waals surface area contributed by atoms with Crippen molar-refractivity contribution in [3.8, 4) is 33.8 Å². The molecule has 0 bridgehead atoms. The summed E-state index contributed by atoms with van der Waals surface area (Å²) in [5, 5.41) is 15.0. The van der Waals surface area contributed by atoms with Crippen LogP contribution in [0.3, 0.4) is 0 Å². The fourth-order valence-electron chi connectivity index (χ4n) is 7.51. The molecule has 1 heterocycles. The zero-order chi connectivity index (χ0) is 28.1. The number of rotatable bonds is 1. The number of benzene rings is 9. The first-order chi connectivity index (χ1) is 21.3. The van der Waals surface area contributed by atoms with Crippen molar-refractivity contribution in [1.82, 2.24) is 0 Å². The van der Waals surface area contributed by atoms with Gasteiger partial charge in [-0.2, -0.15) is 0 Å². The summed E-state index contributed by atoms with van der Waals surface area (Å²) in [6.07, 6.45) is 0. The van der Waals surface area contributed by atoms with Gasteiger partial charge in [-0.25, -0.2) is 0 Å². The van der Waals surface area contributed by atoms with Crippen LogP contribution in [0.5, 0.6) is 11.5 Å². The van der Waals surface area contributed by atoms with Crippen LogP contribution >= 0.6 is 0 Å². The number of fused-ring (bicyclic) bond motifs is 11. The van der Waals surface area contributed by atoms with Crippen LogP contribution in [-0.4, -0.2) is 0 Å². The minimum atomic E-state index is 0.922. The summed E-state index contributed by atoms with van der Waals surface area (Å²) in [6.45, 7) is 0. The molecule has 198 valence electrons. The van der Waals surface area contributed by atoms with E-state index in [1.165, 1.54) is 75.8 Å². The Morgan fingerprint density at radius 2 is 0.837 bits per heavy atom. The lowest BCUT2D eigenvalue weighted by molar-refractivity contribution is 0.489. The Hall–Kier alpha value is -5.66. The van der Waals surface area contributed by atoms with Gasteiger partial charge in [0.15, 0.2) is 0 Å². The summed E-state index contributed by atoms with van der Waals surface area (Å²) in [5.41, 5.74) is 4.67. The molecule has 1 aliphatic rings. The van der Waals surface area contributed by atoms with Crippen molar-refractivity contribution >= 4 is 64.6 Å². The van der Waals surface area contributed by atoms with Gasteiger partial charge in [-0.05, 0) is 82.5 Å². The van der Waals surface area contributed by atoms with Crippen LogP contribution in [0.1, 0.15) is 0 Å². The van der Waals surface area contributed by atoms with Crippen LogP contribution in [0, 0.1) is 0 Å². The summed E-state index contributed by atoms with van der Waals surface area (Å²) >= 11 is 0. The van der Waals surface area contributed by atoms with E-state index in [0.29, 0.717) is 0 Å². The maximum atomic E-state index is 6.95. The van der Waals surface area contributed by atoms with E-state index in [-0.39, 0.29) is 0 Å². The monoisotopic (exact) mass is 544 g/mol. The Balaban J connectivity index is 1.31. The van der Waals surface area contributed by atoms with Gasteiger partial charge in [0.1, 0.15) is 11.5 Å². The van der Waals surface area contributed by atoms with Crippen molar-refractivity contribution in [2.45, 2.75) is 0 Å². The predicted molar refractivity (Wildman–Crippen MR) is 182 cm³/mol. The first kappa shape index (κ1) is 23.0. The topological polar surface area (TPSA) is 9.23 Å². The zero-order valence-corrected chi connectivity index (χ0v) is 23.3. The van der Waals surface area contributed by atoms with Gasteiger partial charge in [0.25, 0.3) is 0 Å². The lowest BCUT2D eigenvalue weighted by atomic mass is 9.87. The van der Waals surface area contributed by atoms with Gasteiger partial charge in [0.05, 0.1) is 0 Å². The molecule has 0 spiro atoms. The molecule has 1 heteroatoms. The summed E-state index contributed by atoms with van der Waals surface area (Å²) in [5.74, 6) is 1.85. The lowest BCUT2D eigenvalue weighted by Gasteiger charge is -2.25. The van der Waals surface area contributed by atoms with Crippen LogP contribution < -0.4 is 4.74 Å². The Morgan fingerprint density at radius 3 is 1.65 bits per heavy atom.